The predicted octanol–water partition coefficient (Wildman–Crippen LogP) is 1.76. The van der Waals surface area contributed by atoms with Crippen LogP contribution in [-0.2, 0) is 11.2 Å². The van der Waals surface area contributed by atoms with Gasteiger partial charge in [-0.05, 0) is 36.5 Å². The Kier molecular flexibility index (Phi) is 4.27. The number of rotatable bonds is 4. The maximum Gasteiger partial charge on any atom is 0.159 e. The first kappa shape index (κ1) is 13.4. The summed E-state index contributed by atoms with van der Waals surface area (Å²) >= 11 is 0. The zero-order valence-electron chi connectivity index (χ0n) is 10.3. The third-order valence-corrected chi connectivity index (χ3v) is 3.49. The highest BCUT2D eigenvalue weighted by Crippen LogP contribution is 2.24. The largest absolute Gasteiger partial charge is 0.376 e. The Bertz CT molecular complexity index is 414. The molecule has 0 radical (unpaired) electrons. The van der Waals surface area contributed by atoms with E-state index in [1.807, 2.05) is 0 Å². The number of halogens is 2. The summed E-state index contributed by atoms with van der Waals surface area (Å²) in [5, 5.41) is 0. The molecule has 0 spiro atoms. The minimum atomic E-state index is -0.832. The molecule has 0 aliphatic carbocycles. The average molecular weight is 256 g/mol. The molecule has 1 fully saturated rings. The topological polar surface area (TPSA) is 47.3 Å². The van der Waals surface area contributed by atoms with Gasteiger partial charge in [0.1, 0.15) is 0 Å². The van der Waals surface area contributed by atoms with Gasteiger partial charge in [0.05, 0.1) is 12.1 Å². The summed E-state index contributed by atoms with van der Waals surface area (Å²) in [6.45, 7) is 2.83. The lowest BCUT2D eigenvalue weighted by Gasteiger charge is -2.25. The van der Waals surface area contributed by atoms with E-state index in [1.54, 1.807) is 6.07 Å². The third kappa shape index (κ3) is 2.85. The second kappa shape index (κ2) is 5.73. The van der Waals surface area contributed by atoms with Crippen molar-refractivity contribution in [3.63, 3.8) is 0 Å². The zero-order chi connectivity index (χ0) is 13.1. The molecule has 18 heavy (non-hydrogen) atoms. The lowest BCUT2D eigenvalue weighted by Crippen LogP contribution is -2.47. The molecule has 0 amide bonds. The Balaban J connectivity index is 2.07. The van der Waals surface area contributed by atoms with Crippen molar-refractivity contribution in [2.24, 2.45) is 11.8 Å². The Labute approximate surface area is 105 Å². The highest BCUT2D eigenvalue weighted by molar-refractivity contribution is 5.19. The average Bonchev–Trinajstić information content (AvgIpc) is 2.77. The van der Waals surface area contributed by atoms with Crippen LogP contribution in [0.25, 0.3) is 0 Å². The smallest absolute Gasteiger partial charge is 0.159 e. The van der Waals surface area contributed by atoms with Crippen molar-refractivity contribution in [1.82, 2.24) is 5.43 Å². The first-order valence-corrected chi connectivity index (χ1v) is 6.13. The predicted molar refractivity (Wildman–Crippen MR) is 64.7 cm³/mol. The zero-order valence-corrected chi connectivity index (χ0v) is 10.3. The maximum absolute atomic E-state index is 13.1. The van der Waals surface area contributed by atoms with Crippen LogP contribution in [0, 0.1) is 17.6 Å². The van der Waals surface area contributed by atoms with E-state index in [0.717, 1.165) is 19.1 Å². The molecule has 3 unspecified atom stereocenters. The van der Waals surface area contributed by atoms with Crippen LogP contribution >= 0.6 is 0 Å². The van der Waals surface area contributed by atoms with Crippen molar-refractivity contribution in [1.29, 1.82) is 0 Å². The van der Waals surface area contributed by atoms with Crippen LogP contribution in [0.5, 0.6) is 0 Å². The second-order valence-electron chi connectivity index (χ2n) is 4.83. The van der Waals surface area contributed by atoms with E-state index in [4.69, 9.17) is 10.6 Å². The number of hydrogen-bond donors (Lipinski definition) is 2. The molecule has 0 saturated carbocycles. The van der Waals surface area contributed by atoms with Gasteiger partial charge in [0.15, 0.2) is 11.6 Å². The number of benzene rings is 1. The number of hydrazine groups is 1. The molecule has 3 atom stereocenters. The molecule has 5 heteroatoms. The van der Waals surface area contributed by atoms with E-state index in [0.29, 0.717) is 17.9 Å². The van der Waals surface area contributed by atoms with Crippen LogP contribution in [0.2, 0.25) is 0 Å². The molecular formula is C13H18F2N2O. The van der Waals surface area contributed by atoms with Crippen molar-refractivity contribution in [3.05, 3.63) is 35.4 Å². The van der Waals surface area contributed by atoms with Crippen molar-refractivity contribution in [3.8, 4) is 0 Å². The summed E-state index contributed by atoms with van der Waals surface area (Å²) in [7, 11) is 0. The van der Waals surface area contributed by atoms with Crippen LogP contribution in [0.4, 0.5) is 8.78 Å². The van der Waals surface area contributed by atoms with E-state index in [9.17, 15) is 8.78 Å². The second-order valence-corrected chi connectivity index (χ2v) is 4.83. The fraction of sp³-hybridized carbons (Fsp3) is 0.538. The molecule has 2 rings (SSSR count). The highest BCUT2D eigenvalue weighted by Gasteiger charge is 2.31. The Morgan fingerprint density at radius 2 is 2.22 bits per heavy atom. The molecule has 3 nitrogen and oxygen atoms in total. The summed E-state index contributed by atoms with van der Waals surface area (Å²) in [6, 6.07) is 3.83. The van der Waals surface area contributed by atoms with Gasteiger partial charge in [-0.2, -0.15) is 0 Å². The summed E-state index contributed by atoms with van der Waals surface area (Å²) in [5.74, 6) is 4.28. The minimum Gasteiger partial charge on any atom is -0.376 e. The molecule has 1 heterocycles. The number of nitrogens with two attached hydrogens (primary N) is 1. The first-order chi connectivity index (χ1) is 8.61. The summed E-state index contributed by atoms with van der Waals surface area (Å²) in [6.07, 6.45) is 1.53. The van der Waals surface area contributed by atoms with Gasteiger partial charge in [-0.3, -0.25) is 11.3 Å². The molecule has 0 bridgehead atoms. The van der Waals surface area contributed by atoms with E-state index in [1.165, 1.54) is 6.07 Å². The monoisotopic (exact) mass is 256 g/mol. The first-order valence-electron chi connectivity index (χ1n) is 6.13. The Morgan fingerprint density at radius 3 is 2.78 bits per heavy atom. The van der Waals surface area contributed by atoms with Gasteiger partial charge in [0, 0.05) is 6.61 Å². The summed E-state index contributed by atoms with van der Waals surface area (Å²) in [4.78, 5) is 0. The van der Waals surface area contributed by atoms with Crippen molar-refractivity contribution >= 4 is 0 Å². The molecule has 0 aromatic heterocycles. The molecular weight excluding hydrogens is 238 g/mol. The van der Waals surface area contributed by atoms with E-state index in [2.05, 4.69) is 12.3 Å². The molecule has 1 saturated heterocycles. The molecule has 1 aliphatic rings. The van der Waals surface area contributed by atoms with Crippen molar-refractivity contribution < 1.29 is 13.5 Å². The van der Waals surface area contributed by atoms with Crippen LogP contribution in [0.1, 0.15) is 18.9 Å². The van der Waals surface area contributed by atoms with Gasteiger partial charge in [-0.1, -0.05) is 13.0 Å². The molecule has 1 aliphatic heterocycles. The van der Waals surface area contributed by atoms with Gasteiger partial charge in [-0.25, -0.2) is 8.78 Å². The highest BCUT2D eigenvalue weighted by atomic mass is 19.2. The van der Waals surface area contributed by atoms with Gasteiger partial charge in [0.2, 0.25) is 0 Å². The minimum absolute atomic E-state index is 0.0168. The normalized spacial score (nSPS) is 25.3. The van der Waals surface area contributed by atoms with E-state index >= 15 is 0 Å². The molecule has 1 aromatic rings. The van der Waals surface area contributed by atoms with Crippen LogP contribution in [0.15, 0.2) is 18.2 Å². The van der Waals surface area contributed by atoms with Gasteiger partial charge >= 0.3 is 0 Å². The lowest BCUT2D eigenvalue weighted by molar-refractivity contribution is 0.0610. The van der Waals surface area contributed by atoms with Crippen LogP contribution < -0.4 is 11.3 Å². The quantitative estimate of drug-likeness (QED) is 0.637. The number of ether oxygens (including phenoxy) is 1. The molecule has 3 N–H and O–H groups in total. The lowest BCUT2D eigenvalue weighted by atomic mass is 9.93. The summed E-state index contributed by atoms with van der Waals surface area (Å²) in [5.41, 5.74) is 3.42. The fourth-order valence-corrected chi connectivity index (χ4v) is 2.42. The maximum atomic E-state index is 13.1. The Hall–Kier alpha value is -1.04. The SMILES string of the molecule is CC1CCOC1C(Cc1ccc(F)c(F)c1)NN. The van der Waals surface area contributed by atoms with Gasteiger partial charge < -0.3 is 4.74 Å². The van der Waals surface area contributed by atoms with E-state index in [-0.39, 0.29) is 12.1 Å². The molecule has 100 valence electrons. The van der Waals surface area contributed by atoms with E-state index < -0.39 is 11.6 Å². The van der Waals surface area contributed by atoms with Gasteiger partial charge in [-0.15, -0.1) is 0 Å². The Morgan fingerprint density at radius 1 is 1.44 bits per heavy atom. The van der Waals surface area contributed by atoms with Gasteiger partial charge in [0.25, 0.3) is 0 Å². The third-order valence-electron chi connectivity index (χ3n) is 3.49. The number of hydrogen-bond acceptors (Lipinski definition) is 3. The van der Waals surface area contributed by atoms with Crippen molar-refractivity contribution in [2.75, 3.05) is 6.61 Å². The summed E-state index contributed by atoms with van der Waals surface area (Å²) < 4.78 is 31.6. The number of nitrogens with one attached hydrogen (secondary N) is 1. The van der Waals surface area contributed by atoms with Crippen molar-refractivity contribution in [2.45, 2.75) is 31.9 Å². The van der Waals surface area contributed by atoms with Crippen LogP contribution in [-0.4, -0.2) is 18.8 Å². The standard InChI is InChI=1S/C13H18F2N2O/c1-8-4-5-18-13(8)12(17-16)7-9-2-3-10(14)11(15)6-9/h2-3,6,8,12-13,17H,4-5,7,16H2,1H3. The molecule has 1 aromatic carbocycles. The van der Waals surface area contributed by atoms with Crippen LogP contribution in [0.3, 0.4) is 0 Å². The fourth-order valence-electron chi connectivity index (χ4n) is 2.42.